The van der Waals surface area contributed by atoms with E-state index in [1.807, 2.05) is 7.05 Å². The Bertz CT molecular complexity index is 192. The summed E-state index contributed by atoms with van der Waals surface area (Å²) in [5, 5.41) is 3.47. The molecular weight excluding hydrogens is 202 g/mol. The van der Waals surface area contributed by atoms with E-state index in [9.17, 15) is 0 Å². The first-order valence-electron chi connectivity index (χ1n) is 6.57. The van der Waals surface area contributed by atoms with Gasteiger partial charge in [-0.05, 0) is 46.1 Å². The molecule has 0 aromatic rings. The van der Waals surface area contributed by atoms with Crippen molar-refractivity contribution < 1.29 is 9.47 Å². The van der Waals surface area contributed by atoms with Gasteiger partial charge in [-0.2, -0.15) is 0 Å². The van der Waals surface area contributed by atoms with E-state index in [4.69, 9.17) is 9.47 Å². The van der Waals surface area contributed by atoms with E-state index < -0.39 is 0 Å². The normalized spacial score (nSPS) is 24.0. The summed E-state index contributed by atoms with van der Waals surface area (Å²) in [5.74, 6) is 0.676. The van der Waals surface area contributed by atoms with Crippen molar-refractivity contribution in [2.24, 2.45) is 5.92 Å². The lowest BCUT2D eigenvalue weighted by Gasteiger charge is -2.42. The molecule has 0 aliphatic carbocycles. The van der Waals surface area contributed by atoms with E-state index in [0.29, 0.717) is 12.0 Å². The standard InChI is InChI=1S/C13H27NO2/c1-5-13(3,16-6-2)12(14-4)11-7-9-15-10-8-11/h11-12,14H,5-10H2,1-4H3. The number of hydrogen-bond acceptors (Lipinski definition) is 3. The van der Waals surface area contributed by atoms with Gasteiger partial charge in [0.2, 0.25) is 0 Å². The molecule has 1 saturated heterocycles. The summed E-state index contributed by atoms with van der Waals surface area (Å²) >= 11 is 0. The molecule has 0 amide bonds. The molecule has 3 nitrogen and oxygen atoms in total. The molecule has 0 spiro atoms. The number of rotatable bonds is 6. The lowest BCUT2D eigenvalue weighted by Crippen LogP contribution is -2.54. The fraction of sp³-hybridized carbons (Fsp3) is 1.00. The largest absolute Gasteiger partial charge is 0.381 e. The Balaban J connectivity index is 2.68. The first-order valence-corrected chi connectivity index (χ1v) is 6.57. The number of ether oxygens (including phenoxy) is 2. The van der Waals surface area contributed by atoms with Gasteiger partial charge in [-0.3, -0.25) is 0 Å². The van der Waals surface area contributed by atoms with Gasteiger partial charge < -0.3 is 14.8 Å². The molecule has 0 bridgehead atoms. The second kappa shape index (κ2) is 6.58. The fourth-order valence-corrected chi connectivity index (χ4v) is 2.83. The quantitative estimate of drug-likeness (QED) is 0.757. The summed E-state index contributed by atoms with van der Waals surface area (Å²) in [6.07, 6.45) is 3.34. The van der Waals surface area contributed by atoms with Gasteiger partial charge in [0, 0.05) is 25.9 Å². The van der Waals surface area contributed by atoms with Crippen molar-refractivity contribution in [2.75, 3.05) is 26.9 Å². The minimum atomic E-state index is -0.0501. The zero-order valence-electron chi connectivity index (χ0n) is 11.2. The van der Waals surface area contributed by atoms with Crippen molar-refractivity contribution in [3.8, 4) is 0 Å². The number of likely N-dealkylation sites (N-methyl/N-ethyl adjacent to an activating group) is 1. The van der Waals surface area contributed by atoms with Crippen molar-refractivity contribution in [3.05, 3.63) is 0 Å². The first kappa shape index (κ1) is 13.9. The molecule has 96 valence electrons. The van der Waals surface area contributed by atoms with Crippen molar-refractivity contribution in [1.82, 2.24) is 5.32 Å². The zero-order valence-corrected chi connectivity index (χ0v) is 11.2. The van der Waals surface area contributed by atoms with E-state index in [1.54, 1.807) is 0 Å². The van der Waals surface area contributed by atoms with Crippen LogP contribution >= 0.6 is 0 Å². The van der Waals surface area contributed by atoms with E-state index in [2.05, 4.69) is 26.1 Å². The molecule has 2 unspecified atom stereocenters. The molecular formula is C13H27NO2. The van der Waals surface area contributed by atoms with Crippen LogP contribution in [0.1, 0.15) is 40.0 Å². The Morgan fingerprint density at radius 1 is 1.38 bits per heavy atom. The lowest BCUT2D eigenvalue weighted by atomic mass is 9.80. The highest BCUT2D eigenvalue weighted by molar-refractivity contribution is 4.93. The van der Waals surface area contributed by atoms with Gasteiger partial charge in [-0.15, -0.1) is 0 Å². The summed E-state index contributed by atoms with van der Waals surface area (Å²) in [5.41, 5.74) is -0.0501. The van der Waals surface area contributed by atoms with Gasteiger partial charge in [0.15, 0.2) is 0 Å². The summed E-state index contributed by atoms with van der Waals surface area (Å²) in [7, 11) is 2.05. The van der Waals surface area contributed by atoms with Crippen molar-refractivity contribution >= 4 is 0 Å². The van der Waals surface area contributed by atoms with Gasteiger partial charge in [0.25, 0.3) is 0 Å². The van der Waals surface area contributed by atoms with Crippen LogP contribution in [0.5, 0.6) is 0 Å². The van der Waals surface area contributed by atoms with Crippen molar-refractivity contribution in [1.29, 1.82) is 0 Å². The minimum absolute atomic E-state index is 0.0501. The third-order valence-electron chi connectivity index (χ3n) is 3.88. The molecule has 1 N–H and O–H groups in total. The Morgan fingerprint density at radius 2 is 2.00 bits per heavy atom. The Labute approximate surface area is 99.9 Å². The predicted octanol–water partition coefficient (Wildman–Crippen LogP) is 2.21. The molecule has 3 heteroatoms. The average molecular weight is 229 g/mol. The molecule has 1 rings (SSSR count). The Kier molecular flexibility index (Phi) is 5.73. The van der Waals surface area contributed by atoms with Crippen LogP contribution in [0.15, 0.2) is 0 Å². The average Bonchev–Trinajstić information content (AvgIpc) is 2.31. The maximum atomic E-state index is 5.98. The van der Waals surface area contributed by atoms with Crippen LogP contribution in [-0.4, -0.2) is 38.5 Å². The highest BCUT2D eigenvalue weighted by Crippen LogP contribution is 2.30. The SMILES string of the molecule is CCOC(C)(CC)C(NC)C1CCOCC1. The third kappa shape index (κ3) is 3.19. The van der Waals surface area contributed by atoms with Crippen LogP contribution in [0.2, 0.25) is 0 Å². The van der Waals surface area contributed by atoms with E-state index >= 15 is 0 Å². The molecule has 0 aromatic carbocycles. The van der Waals surface area contributed by atoms with E-state index in [1.165, 1.54) is 0 Å². The van der Waals surface area contributed by atoms with Gasteiger partial charge in [-0.25, -0.2) is 0 Å². The van der Waals surface area contributed by atoms with Crippen LogP contribution in [0.25, 0.3) is 0 Å². The first-order chi connectivity index (χ1) is 7.68. The lowest BCUT2D eigenvalue weighted by molar-refractivity contribution is -0.0801. The summed E-state index contributed by atoms with van der Waals surface area (Å²) in [6.45, 7) is 9.09. The van der Waals surface area contributed by atoms with Crippen LogP contribution in [0, 0.1) is 5.92 Å². The van der Waals surface area contributed by atoms with Crippen LogP contribution in [0.3, 0.4) is 0 Å². The number of nitrogens with one attached hydrogen (secondary N) is 1. The fourth-order valence-electron chi connectivity index (χ4n) is 2.83. The van der Waals surface area contributed by atoms with Gasteiger partial charge >= 0.3 is 0 Å². The molecule has 0 radical (unpaired) electrons. The minimum Gasteiger partial charge on any atom is -0.381 e. The monoisotopic (exact) mass is 229 g/mol. The Morgan fingerprint density at radius 3 is 2.44 bits per heavy atom. The van der Waals surface area contributed by atoms with Gasteiger partial charge in [-0.1, -0.05) is 6.92 Å². The zero-order chi connectivity index (χ0) is 12.0. The van der Waals surface area contributed by atoms with Crippen LogP contribution in [0.4, 0.5) is 0 Å². The topological polar surface area (TPSA) is 30.5 Å². The van der Waals surface area contributed by atoms with Crippen molar-refractivity contribution in [2.45, 2.75) is 51.7 Å². The molecule has 1 aliphatic rings. The second-order valence-electron chi connectivity index (χ2n) is 4.82. The predicted molar refractivity (Wildman–Crippen MR) is 66.7 cm³/mol. The molecule has 2 atom stereocenters. The Hall–Kier alpha value is -0.120. The van der Waals surface area contributed by atoms with E-state index in [0.717, 1.165) is 39.1 Å². The molecule has 1 heterocycles. The molecule has 1 aliphatic heterocycles. The highest BCUT2D eigenvalue weighted by Gasteiger charge is 2.38. The summed E-state index contributed by atoms with van der Waals surface area (Å²) < 4.78 is 11.4. The summed E-state index contributed by atoms with van der Waals surface area (Å²) in [4.78, 5) is 0. The molecule has 0 aromatic heterocycles. The second-order valence-corrected chi connectivity index (χ2v) is 4.82. The molecule has 0 saturated carbocycles. The van der Waals surface area contributed by atoms with Gasteiger partial charge in [0.1, 0.15) is 0 Å². The maximum absolute atomic E-state index is 5.98. The van der Waals surface area contributed by atoms with Crippen molar-refractivity contribution in [3.63, 3.8) is 0 Å². The maximum Gasteiger partial charge on any atom is 0.0806 e. The summed E-state index contributed by atoms with van der Waals surface area (Å²) in [6, 6.07) is 0.432. The molecule has 16 heavy (non-hydrogen) atoms. The van der Waals surface area contributed by atoms with Crippen LogP contribution < -0.4 is 5.32 Å². The van der Waals surface area contributed by atoms with Crippen LogP contribution in [-0.2, 0) is 9.47 Å². The van der Waals surface area contributed by atoms with Gasteiger partial charge in [0.05, 0.1) is 5.60 Å². The number of hydrogen-bond donors (Lipinski definition) is 1. The molecule has 1 fully saturated rings. The third-order valence-corrected chi connectivity index (χ3v) is 3.88. The highest BCUT2D eigenvalue weighted by atomic mass is 16.5. The van der Waals surface area contributed by atoms with E-state index in [-0.39, 0.29) is 5.60 Å². The smallest absolute Gasteiger partial charge is 0.0806 e.